The van der Waals surface area contributed by atoms with Crippen LogP contribution in [0, 0.1) is 5.92 Å². The van der Waals surface area contributed by atoms with E-state index in [9.17, 15) is 9.59 Å². The number of aliphatic carboxylic acids is 1. The lowest BCUT2D eigenvalue weighted by Gasteiger charge is -2.15. The standard InChI is InChI=1S/C19H23NO3/c1-4-5-12-17(15(3)19(22)23)20-18(21)14(2)13-16-10-8-6-7-9-11-16/h4-10,12,14H,1,11,13H2,2-3H3,(H,20,21)(H,22,23)/b12-5-,17-15-. The van der Waals surface area contributed by atoms with Gasteiger partial charge in [-0.3, -0.25) is 4.79 Å². The summed E-state index contributed by atoms with van der Waals surface area (Å²) in [5.74, 6) is -1.52. The van der Waals surface area contributed by atoms with Gasteiger partial charge < -0.3 is 10.4 Å². The Hall–Kier alpha value is -2.62. The second kappa shape index (κ2) is 9.41. The predicted molar refractivity (Wildman–Crippen MR) is 92.6 cm³/mol. The first-order valence-electron chi connectivity index (χ1n) is 7.51. The van der Waals surface area contributed by atoms with Gasteiger partial charge >= 0.3 is 5.97 Å². The van der Waals surface area contributed by atoms with Crippen LogP contribution in [0.25, 0.3) is 0 Å². The lowest BCUT2D eigenvalue weighted by molar-refractivity contribution is -0.132. The zero-order valence-corrected chi connectivity index (χ0v) is 13.6. The smallest absolute Gasteiger partial charge is 0.333 e. The van der Waals surface area contributed by atoms with Crippen molar-refractivity contribution in [3.8, 4) is 0 Å². The highest BCUT2D eigenvalue weighted by Gasteiger charge is 2.17. The van der Waals surface area contributed by atoms with Crippen molar-refractivity contribution in [2.75, 3.05) is 0 Å². The molecule has 122 valence electrons. The second-order valence-electron chi connectivity index (χ2n) is 5.38. The lowest BCUT2D eigenvalue weighted by Crippen LogP contribution is -2.29. The molecular formula is C19H23NO3. The number of carbonyl (C=O) groups excluding carboxylic acids is 1. The van der Waals surface area contributed by atoms with Crippen LogP contribution in [0.5, 0.6) is 0 Å². The number of allylic oxidation sites excluding steroid dienone is 9. The molecule has 0 saturated carbocycles. The number of nitrogens with one attached hydrogen (secondary N) is 1. The maximum absolute atomic E-state index is 12.3. The molecule has 0 heterocycles. The van der Waals surface area contributed by atoms with Crippen LogP contribution < -0.4 is 5.32 Å². The fourth-order valence-electron chi connectivity index (χ4n) is 2.05. The number of amides is 1. The lowest BCUT2D eigenvalue weighted by atomic mass is 9.97. The highest BCUT2D eigenvalue weighted by Crippen LogP contribution is 2.18. The molecule has 0 aromatic rings. The Morgan fingerprint density at radius 2 is 2.13 bits per heavy atom. The molecule has 4 heteroatoms. The van der Waals surface area contributed by atoms with Crippen LogP contribution in [0.15, 0.2) is 72.0 Å². The highest BCUT2D eigenvalue weighted by atomic mass is 16.4. The summed E-state index contributed by atoms with van der Waals surface area (Å²) in [6.45, 7) is 6.84. The van der Waals surface area contributed by atoms with Crippen LogP contribution in [0.1, 0.15) is 26.7 Å². The van der Waals surface area contributed by atoms with Gasteiger partial charge in [0.2, 0.25) is 5.91 Å². The molecule has 0 spiro atoms. The molecular weight excluding hydrogens is 290 g/mol. The number of carboxylic acid groups (broad SMARTS) is 1. The molecule has 1 aliphatic carbocycles. The van der Waals surface area contributed by atoms with Gasteiger partial charge in [0, 0.05) is 5.92 Å². The minimum atomic E-state index is -1.07. The molecule has 0 saturated heterocycles. The van der Waals surface area contributed by atoms with E-state index in [0.717, 1.165) is 6.42 Å². The van der Waals surface area contributed by atoms with E-state index in [2.05, 4.69) is 11.9 Å². The van der Waals surface area contributed by atoms with Crippen molar-refractivity contribution < 1.29 is 14.7 Å². The molecule has 0 radical (unpaired) electrons. The normalized spacial score (nSPS) is 16.3. The molecule has 1 aliphatic rings. The Morgan fingerprint density at radius 3 is 2.78 bits per heavy atom. The van der Waals surface area contributed by atoms with Gasteiger partial charge in [-0.05, 0) is 25.8 Å². The monoisotopic (exact) mass is 313 g/mol. The average Bonchev–Trinajstić information content (AvgIpc) is 2.78. The van der Waals surface area contributed by atoms with Crippen LogP contribution in [-0.2, 0) is 9.59 Å². The zero-order valence-electron chi connectivity index (χ0n) is 13.6. The van der Waals surface area contributed by atoms with E-state index in [4.69, 9.17) is 5.11 Å². The number of rotatable bonds is 7. The van der Waals surface area contributed by atoms with E-state index in [1.807, 2.05) is 37.3 Å². The Bertz CT molecular complexity index is 619. The summed E-state index contributed by atoms with van der Waals surface area (Å²) in [5.41, 5.74) is 1.53. The van der Waals surface area contributed by atoms with E-state index < -0.39 is 5.97 Å². The van der Waals surface area contributed by atoms with Crippen molar-refractivity contribution in [3.05, 3.63) is 72.0 Å². The molecule has 0 bridgehead atoms. The Balaban J connectivity index is 2.80. The third-order valence-electron chi connectivity index (χ3n) is 3.47. The Kier molecular flexibility index (Phi) is 7.54. The first-order valence-corrected chi connectivity index (χ1v) is 7.51. The minimum Gasteiger partial charge on any atom is -0.478 e. The fourth-order valence-corrected chi connectivity index (χ4v) is 2.05. The number of carbonyl (C=O) groups is 2. The third kappa shape index (κ3) is 6.34. The second-order valence-corrected chi connectivity index (χ2v) is 5.38. The summed E-state index contributed by atoms with van der Waals surface area (Å²) in [5, 5.41) is 11.8. The largest absolute Gasteiger partial charge is 0.478 e. The van der Waals surface area contributed by atoms with Crippen LogP contribution in [-0.4, -0.2) is 17.0 Å². The molecule has 1 atom stereocenters. The Labute approximate surface area is 137 Å². The van der Waals surface area contributed by atoms with Gasteiger partial charge in [0.05, 0.1) is 11.3 Å². The van der Waals surface area contributed by atoms with E-state index in [1.54, 1.807) is 6.08 Å². The summed E-state index contributed by atoms with van der Waals surface area (Å²) in [7, 11) is 0. The van der Waals surface area contributed by atoms with E-state index in [0.29, 0.717) is 6.42 Å². The predicted octanol–water partition coefficient (Wildman–Crippen LogP) is 3.67. The molecule has 1 amide bonds. The summed E-state index contributed by atoms with van der Waals surface area (Å²) in [4.78, 5) is 23.5. The van der Waals surface area contributed by atoms with Crippen molar-refractivity contribution in [3.63, 3.8) is 0 Å². The molecule has 0 fully saturated rings. The first kappa shape index (κ1) is 18.4. The first-order chi connectivity index (χ1) is 11.0. The molecule has 23 heavy (non-hydrogen) atoms. The summed E-state index contributed by atoms with van der Waals surface area (Å²) >= 11 is 0. The molecule has 0 aromatic carbocycles. The molecule has 4 nitrogen and oxygen atoms in total. The van der Waals surface area contributed by atoms with Crippen molar-refractivity contribution >= 4 is 11.9 Å². The van der Waals surface area contributed by atoms with Gasteiger partial charge in [-0.2, -0.15) is 0 Å². The quantitative estimate of drug-likeness (QED) is 0.556. The summed E-state index contributed by atoms with van der Waals surface area (Å²) in [6, 6.07) is 0. The number of hydrogen-bond acceptors (Lipinski definition) is 2. The van der Waals surface area contributed by atoms with Gasteiger partial charge in [0.15, 0.2) is 0 Å². The van der Waals surface area contributed by atoms with Crippen LogP contribution in [0.2, 0.25) is 0 Å². The van der Waals surface area contributed by atoms with Crippen molar-refractivity contribution in [2.45, 2.75) is 26.7 Å². The summed E-state index contributed by atoms with van der Waals surface area (Å²) < 4.78 is 0. The maximum atomic E-state index is 12.3. The topological polar surface area (TPSA) is 66.4 Å². The number of hydrogen-bond donors (Lipinski definition) is 2. The zero-order chi connectivity index (χ0) is 17.2. The summed E-state index contributed by atoms with van der Waals surface area (Å²) in [6.07, 6.45) is 16.1. The maximum Gasteiger partial charge on any atom is 0.333 e. The molecule has 1 unspecified atom stereocenters. The highest BCUT2D eigenvalue weighted by molar-refractivity contribution is 5.89. The fraction of sp³-hybridized carbons (Fsp3) is 0.263. The van der Waals surface area contributed by atoms with Crippen molar-refractivity contribution in [2.24, 2.45) is 5.92 Å². The van der Waals surface area contributed by atoms with Gasteiger partial charge in [0.25, 0.3) is 0 Å². The SMILES string of the molecule is C=C/C=C\C(NC(=O)C(C)CC1=CC=CC=CC1)=C(/C)C(=O)O. The van der Waals surface area contributed by atoms with E-state index >= 15 is 0 Å². The number of carboxylic acids is 1. The van der Waals surface area contributed by atoms with Crippen LogP contribution in [0.3, 0.4) is 0 Å². The van der Waals surface area contributed by atoms with Crippen LogP contribution >= 0.6 is 0 Å². The van der Waals surface area contributed by atoms with Crippen LogP contribution in [0.4, 0.5) is 0 Å². The minimum absolute atomic E-state index is 0.0863. The average molecular weight is 313 g/mol. The van der Waals surface area contributed by atoms with Gasteiger partial charge in [-0.1, -0.05) is 61.6 Å². The van der Waals surface area contributed by atoms with Crippen molar-refractivity contribution in [1.82, 2.24) is 5.32 Å². The molecule has 0 aromatic heterocycles. The van der Waals surface area contributed by atoms with Crippen molar-refractivity contribution in [1.29, 1.82) is 0 Å². The van der Waals surface area contributed by atoms with Gasteiger partial charge in [-0.15, -0.1) is 0 Å². The van der Waals surface area contributed by atoms with Gasteiger partial charge in [0.1, 0.15) is 0 Å². The van der Waals surface area contributed by atoms with Gasteiger partial charge in [-0.25, -0.2) is 4.79 Å². The third-order valence-corrected chi connectivity index (χ3v) is 3.47. The molecule has 1 rings (SSSR count). The van der Waals surface area contributed by atoms with E-state index in [1.165, 1.54) is 24.6 Å². The van der Waals surface area contributed by atoms with E-state index in [-0.39, 0.29) is 23.1 Å². The molecule has 2 N–H and O–H groups in total. The molecule has 0 aliphatic heterocycles. The Morgan fingerprint density at radius 1 is 1.39 bits per heavy atom.